The van der Waals surface area contributed by atoms with E-state index in [2.05, 4.69) is 21.9 Å². The average molecular weight is 248 g/mol. The van der Waals surface area contributed by atoms with Crippen molar-refractivity contribution in [2.75, 3.05) is 6.54 Å². The van der Waals surface area contributed by atoms with Crippen LogP contribution >= 0.6 is 11.6 Å². The van der Waals surface area contributed by atoms with Gasteiger partial charge in [0.1, 0.15) is 0 Å². The second kappa shape index (κ2) is 6.59. The molecule has 1 aromatic carbocycles. The number of nitrogens with zero attached hydrogens (tertiary/aromatic N) is 3. The van der Waals surface area contributed by atoms with E-state index in [1.165, 1.54) is 6.92 Å². The maximum atomic E-state index is 11.2. The van der Waals surface area contributed by atoms with Crippen molar-refractivity contribution >= 4 is 17.4 Å². The van der Waals surface area contributed by atoms with E-state index in [9.17, 15) is 4.79 Å². The van der Waals surface area contributed by atoms with Gasteiger partial charge in [0.25, 0.3) is 0 Å². The van der Waals surface area contributed by atoms with Gasteiger partial charge in [0.15, 0.2) is 5.78 Å². The molecule has 0 radical (unpaired) electrons. The molecule has 86 valence electrons. The molecule has 0 saturated heterocycles. The van der Waals surface area contributed by atoms with E-state index in [0.717, 1.165) is 5.56 Å². The second-order valence-electron chi connectivity index (χ2n) is 3.26. The number of rotatable bonds is 3. The lowest BCUT2D eigenvalue weighted by atomic mass is 10.1. The first-order valence-electron chi connectivity index (χ1n) is 4.95. The van der Waals surface area contributed by atoms with Crippen LogP contribution in [0.4, 0.5) is 0 Å². The number of benzene rings is 1. The monoisotopic (exact) mass is 247 g/mol. The van der Waals surface area contributed by atoms with Crippen molar-refractivity contribution in [2.45, 2.75) is 13.3 Å². The predicted octanol–water partition coefficient (Wildman–Crippen LogP) is 3.59. The molecule has 0 amide bonds. The Morgan fingerprint density at radius 3 is 3.00 bits per heavy atom. The van der Waals surface area contributed by atoms with Crippen LogP contribution in [0.15, 0.2) is 23.3 Å². The number of hydrogen-bond acceptors (Lipinski definition) is 2. The molecular formula is C12H10ClN3O. The van der Waals surface area contributed by atoms with Gasteiger partial charge >= 0.3 is 0 Å². The molecule has 0 aliphatic carbocycles. The van der Waals surface area contributed by atoms with Crippen LogP contribution in [0, 0.1) is 11.8 Å². The first-order valence-corrected chi connectivity index (χ1v) is 5.33. The van der Waals surface area contributed by atoms with Crippen molar-refractivity contribution < 1.29 is 4.79 Å². The summed E-state index contributed by atoms with van der Waals surface area (Å²) in [6, 6.07) is 5.05. The maximum absolute atomic E-state index is 11.2. The van der Waals surface area contributed by atoms with Crippen molar-refractivity contribution in [2.24, 2.45) is 5.11 Å². The third-order valence-electron chi connectivity index (χ3n) is 1.98. The van der Waals surface area contributed by atoms with Gasteiger partial charge in [-0.15, -0.1) is 0 Å². The summed E-state index contributed by atoms with van der Waals surface area (Å²) in [5, 5.41) is 3.79. The van der Waals surface area contributed by atoms with Gasteiger partial charge in [0, 0.05) is 29.0 Å². The SMILES string of the molecule is CC(=O)c1cc(C#CCCN=[N+]=[N-])ccc1Cl. The molecule has 0 N–H and O–H groups in total. The fourth-order valence-electron chi connectivity index (χ4n) is 1.19. The fraction of sp³-hybridized carbons (Fsp3) is 0.250. The lowest BCUT2D eigenvalue weighted by Gasteiger charge is -1.99. The summed E-state index contributed by atoms with van der Waals surface area (Å²) in [5.41, 5.74) is 9.26. The van der Waals surface area contributed by atoms with E-state index in [-0.39, 0.29) is 5.78 Å². The highest BCUT2D eigenvalue weighted by atomic mass is 35.5. The molecule has 0 aliphatic rings. The highest BCUT2D eigenvalue weighted by Gasteiger charge is 2.05. The summed E-state index contributed by atoms with van der Waals surface area (Å²) < 4.78 is 0. The molecule has 0 bridgehead atoms. The molecule has 1 rings (SSSR count). The van der Waals surface area contributed by atoms with Crippen LogP contribution in [0.2, 0.25) is 5.02 Å². The molecule has 0 aromatic heterocycles. The molecule has 1 aromatic rings. The third-order valence-corrected chi connectivity index (χ3v) is 2.31. The van der Waals surface area contributed by atoms with E-state index >= 15 is 0 Å². The van der Waals surface area contributed by atoms with Gasteiger partial charge in [-0.2, -0.15) is 0 Å². The minimum Gasteiger partial charge on any atom is -0.294 e. The fourth-order valence-corrected chi connectivity index (χ4v) is 1.44. The van der Waals surface area contributed by atoms with Crippen molar-refractivity contribution in [3.05, 3.63) is 44.8 Å². The van der Waals surface area contributed by atoms with E-state index in [1.807, 2.05) is 0 Å². The van der Waals surface area contributed by atoms with Crippen molar-refractivity contribution in [3.8, 4) is 11.8 Å². The predicted molar refractivity (Wildman–Crippen MR) is 67.0 cm³/mol. The largest absolute Gasteiger partial charge is 0.294 e. The molecule has 0 fully saturated rings. The molecule has 0 unspecified atom stereocenters. The molecule has 17 heavy (non-hydrogen) atoms. The van der Waals surface area contributed by atoms with Gasteiger partial charge in [-0.05, 0) is 30.7 Å². The number of hydrogen-bond donors (Lipinski definition) is 0. The van der Waals surface area contributed by atoms with Gasteiger partial charge in [0.2, 0.25) is 0 Å². The number of Topliss-reactive ketones (excluding diaryl/α,β-unsaturated/α-hetero) is 1. The lowest BCUT2D eigenvalue weighted by Crippen LogP contribution is -1.93. The Balaban J connectivity index is 2.82. The first kappa shape index (κ1) is 13.1. The summed E-state index contributed by atoms with van der Waals surface area (Å²) in [5.74, 6) is 5.64. The molecule has 0 spiro atoms. The summed E-state index contributed by atoms with van der Waals surface area (Å²) in [7, 11) is 0. The van der Waals surface area contributed by atoms with Gasteiger partial charge < -0.3 is 0 Å². The van der Waals surface area contributed by atoms with Crippen LogP contribution in [0.3, 0.4) is 0 Å². The van der Waals surface area contributed by atoms with Crippen LogP contribution in [0.5, 0.6) is 0 Å². The van der Waals surface area contributed by atoms with E-state index in [4.69, 9.17) is 17.1 Å². The molecule has 0 atom stereocenters. The highest BCUT2D eigenvalue weighted by Crippen LogP contribution is 2.17. The Labute approximate surface area is 104 Å². The van der Waals surface area contributed by atoms with Gasteiger partial charge in [-0.1, -0.05) is 28.6 Å². The second-order valence-corrected chi connectivity index (χ2v) is 3.66. The van der Waals surface area contributed by atoms with Gasteiger partial charge in [-0.25, -0.2) is 0 Å². The Hall–Kier alpha value is -1.95. The van der Waals surface area contributed by atoms with Crippen molar-refractivity contribution in [1.29, 1.82) is 0 Å². The zero-order valence-corrected chi connectivity index (χ0v) is 10.0. The number of ketones is 1. The molecule has 0 heterocycles. The topological polar surface area (TPSA) is 65.8 Å². The standard InChI is InChI=1S/C12H10ClN3O/c1-9(17)11-8-10(5-6-12(11)13)4-2-3-7-15-16-14/h5-6,8H,3,7H2,1H3. The Bertz CT molecular complexity index is 536. The Kier molecular flexibility index (Phi) is 5.09. The summed E-state index contributed by atoms with van der Waals surface area (Å²) >= 11 is 5.87. The third kappa shape index (κ3) is 4.20. The van der Waals surface area contributed by atoms with Crippen LogP contribution in [0.1, 0.15) is 29.3 Å². The van der Waals surface area contributed by atoms with Crippen LogP contribution in [-0.4, -0.2) is 12.3 Å². The van der Waals surface area contributed by atoms with E-state index in [1.54, 1.807) is 18.2 Å². The first-order chi connectivity index (χ1) is 8.15. The van der Waals surface area contributed by atoms with Crippen LogP contribution in [0.25, 0.3) is 10.4 Å². The van der Waals surface area contributed by atoms with Gasteiger partial charge in [0.05, 0.1) is 5.02 Å². The Morgan fingerprint density at radius 2 is 2.35 bits per heavy atom. The van der Waals surface area contributed by atoms with E-state index in [0.29, 0.717) is 23.6 Å². The minimum absolute atomic E-state index is 0.0901. The molecule has 0 saturated carbocycles. The number of azide groups is 1. The lowest BCUT2D eigenvalue weighted by molar-refractivity contribution is 0.101. The van der Waals surface area contributed by atoms with E-state index < -0.39 is 0 Å². The number of carbonyl (C=O) groups is 1. The molecular weight excluding hydrogens is 238 g/mol. The van der Waals surface area contributed by atoms with Crippen molar-refractivity contribution in [3.63, 3.8) is 0 Å². The number of halogens is 1. The van der Waals surface area contributed by atoms with Crippen molar-refractivity contribution in [1.82, 2.24) is 0 Å². The molecule has 4 nitrogen and oxygen atoms in total. The van der Waals surface area contributed by atoms with Gasteiger partial charge in [-0.3, -0.25) is 4.79 Å². The smallest absolute Gasteiger partial charge is 0.161 e. The highest BCUT2D eigenvalue weighted by molar-refractivity contribution is 6.33. The summed E-state index contributed by atoms with van der Waals surface area (Å²) in [6.07, 6.45) is 0.488. The molecule has 5 heteroatoms. The quantitative estimate of drug-likeness (QED) is 0.201. The molecule has 0 aliphatic heterocycles. The zero-order chi connectivity index (χ0) is 12.7. The summed E-state index contributed by atoms with van der Waals surface area (Å²) in [6.45, 7) is 1.80. The number of carbonyl (C=O) groups excluding carboxylic acids is 1. The van der Waals surface area contributed by atoms with Crippen LogP contribution in [-0.2, 0) is 0 Å². The van der Waals surface area contributed by atoms with Crippen LogP contribution < -0.4 is 0 Å². The maximum Gasteiger partial charge on any atom is 0.161 e. The normalized spacial score (nSPS) is 8.82. The Morgan fingerprint density at radius 1 is 1.59 bits per heavy atom. The summed E-state index contributed by atoms with van der Waals surface area (Å²) in [4.78, 5) is 13.9. The average Bonchev–Trinajstić information content (AvgIpc) is 2.30. The zero-order valence-electron chi connectivity index (χ0n) is 9.27. The minimum atomic E-state index is -0.0901.